The van der Waals surface area contributed by atoms with E-state index >= 15 is 0 Å². The van der Waals surface area contributed by atoms with Gasteiger partial charge >= 0.3 is 5.69 Å². The maximum atomic E-state index is 12.5. The van der Waals surface area contributed by atoms with E-state index in [0.29, 0.717) is 11.5 Å². The first-order chi connectivity index (χ1) is 13.0. The summed E-state index contributed by atoms with van der Waals surface area (Å²) < 4.78 is 13.6. The van der Waals surface area contributed by atoms with Crippen LogP contribution < -0.4 is 20.5 Å². The second-order valence-corrected chi connectivity index (χ2v) is 6.32. The highest BCUT2D eigenvalue weighted by atomic mass is 16.5. The predicted octanol–water partition coefficient (Wildman–Crippen LogP) is 2.23. The van der Waals surface area contributed by atoms with Gasteiger partial charge in [-0.15, -0.1) is 0 Å². The minimum atomic E-state index is -0.247. The Labute approximate surface area is 157 Å². The number of nitrogens with zero attached hydrogens (tertiary/aromatic N) is 2. The Morgan fingerprint density at radius 2 is 1.74 bits per heavy atom. The minimum Gasteiger partial charge on any atom is -0.493 e. The summed E-state index contributed by atoms with van der Waals surface area (Å²) in [6, 6.07) is 12.7. The van der Waals surface area contributed by atoms with Crippen molar-refractivity contribution in [3.8, 4) is 11.5 Å². The second-order valence-electron chi connectivity index (χ2n) is 6.32. The molecule has 1 N–H and O–H groups in total. The van der Waals surface area contributed by atoms with Crippen LogP contribution >= 0.6 is 0 Å². The molecule has 1 unspecified atom stereocenters. The van der Waals surface area contributed by atoms with Gasteiger partial charge in [0.25, 0.3) is 0 Å². The van der Waals surface area contributed by atoms with E-state index in [1.165, 1.54) is 4.57 Å². The van der Waals surface area contributed by atoms with Crippen LogP contribution in [-0.2, 0) is 18.4 Å². The Bertz CT molecular complexity index is 1040. The summed E-state index contributed by atoms with van der Waals surface area (Å²) in [6.07, 6.45) is 0. The fourth-order valence-corrected chi connectivity index (χ4v) is 3.15. The molecule has 142 valence electrons. The summed E-state index contributed by atoms with van der Waals surface area (Å²) in [5, 5.41) is 2.93. The number of carbonyl (C=O) groups is 1. The molecule has 0 bridgehead atoms. The fraction of sp³-hybridized carbons (Fsp3) is 0.300. The third-order valence-electron chi connectivity index (χ3n) is 4.64. The van der Waals surface area contributed by atoms with Gasteiger partial charge in [-0.05, 0) is 36.8 Å². The average Bonchev–Trinajstić information content (AvgIpc) is 2.92. The molecular formula is C20H23N3O4. The number of aromatic nitrogens is 2. The number of benzene rings is 2. The van der Waals surface area contributed by atoms with Crippen molar-refractivity contribution < 1.29 is 14.3 Å². The molecule has 1 atom stereocenters. The number of fused-ring (bicyclic) bond motifs is 1. The summed E-state index contributed by atoms with van der Waals surface area (Å²) in [7, 11) is 4.84. The first-order valence-corrected chi connectivity index (χ1v) is 8.61. The van der Waals surface area contributed by atoms with Gasteiger partial charge in [0.1, 0.15) is 6.54 Å². The molecule has 7 nitrogen and oxygen atoms in total. The maximum Gasteiger partial charge on any atom is 0.329 e. The van der Waals surface area contributed by atoms with Crippen molar-refractivity contribution in [1.82, 2.24) is 14.5 Å². The molecule has 0 saturated heterocycles. The zero-order valence-electron chi connectivity index (χ0n) is 15.9. The first kappa shape index (κ1) is 18.6. The molecule has 0 fully saturated rings. The number of amides is 1. The monoisotopic (exact) mass is 369 g/mol. The van der Waals surface area contributed by atoms with Gasteiger partial charge in [0.05, 0.1) is 31.3 Å². The zero-order valence-corrected chi connectivity index (χ0v) is 15.9. The SMILES string of the molecule is COc1ccc(C(C)NC(=O)Cn2c(=O)n(C)c3ccccc32)cc1OC. The standard InChI is InChI=1S/C20H23N3O4/c1-13(14-9-10-17(26-3)18(11-14)27-4)21-19(24)12-23-16-8-6-5-7-15(16)22(2)20(23)25/h5-11,13H,12H2,1-4H3,(H,21,24). The van der Waals surface area contributed by atoms with E-state index in [2.05, 4.69) is 5.32 Å². The lowest BCUT2D eigenvalue weighted by Crippen LogP contribution is -2.34. The molecule has 1 heterocycles. The number of hydrogen-bond acceptors (Lipinski definition) is 4. The Hall–Kier alpha value is -3.22. The highest BCUT2D eigenvalue weighted by molar-refractivity contribution is 5.81. The summed E-state index contributed by atoms with van der Waals surface area (Å²) in [6.45, 7) is 1.84. The Balaban J connectivity index is 1.79. The van der Waals surface area contributed by atoms with Crippen molar-refractivity contribution in [3.05, 3.63) is 58.5 Å². The smallest absolute Gasteiger partial charge is 0.329 e. The number of imidazole rings is 1. The van der Waals surface area contributed by atoms with Gasteiger partial charge in [0.15, 0.2) is 11.5 Å². The molecule has 2 aromatic carbocycles. The van der Waals surface area contributed by atoms with Crippen molar-refractivity contribution in [1.29, 1.82) is 0 Å². The summed E-state index contributed by atoms with van der Waals surface area (Å²) in [4.78, 5) is 25.0. The van der Waals surface area contributed by atoms with E-state index in [0.717, 1.165) is 16.6 Å². The number of ether oxygens (including phenoxy) is 2. The van der Waals surface area contributed by atoms with Crippen LogP contribution in [0, 0.1) is 0 Å². The molecule has 0 saturated carbocycles. The largest absolute Gasteiger partial charge is 0.493 e. The lowest BCUT2D eigenvalue weighted by atomic mass is 10.1. The summed E-state index contributed by atoms with van der Waals surface area (Å²) in [5.41, 5.74) is 2.19. The number of carbonyl (C=O) groups excluding carboxylic acids is 1. The third-order valence-corrected chi connectivity index (χ3v) is 4.64. The quantitative estimate of drug-likeness (QED) is 0.723. The molecule has 1 amide bonds. The lowest BCUT2D eigenvalue weighted by Gasteiger charge is -2.16. The van der Waals surface area contributed by atoms with E-state index < -0.39 is 0 Å². The molecule has 3 rings (SSSR count). The normalized spacial score (nSPS) is 12.0. The Morgan fingerprint density at radius 3 is 2.41 bits per heavy atom. The molecule has 0 aliphatic rings. The molecule has 7 heteroatoms. The predicted molar refractivity (Wildman–Crippen MR) is 103 cm³/mol. The fourth-order valence-electron chi connectivity index (χ4n) is 3.15. The van der Waals surface area contributed by atoms with Gasteiger partial charge in [-0.2, -0.15) is 0 Å². The van der Waals surface area contributed by atoms with Crippen LogP contribution in [0.25, 0.3) is 11.0 Å². The zero-order chi connectivity index (χ0) is 19.6. The third kappa shape index (κ3) is 3.53. The van der Waals surface area contributed by atoms with Gasteiger partial charge in [-0.1, -0.05) is 18.2 Å². The molecule has 0 radical (unpaired) electrons. The van der Waals surface area contributed by atoms with Gasteiger partial charge in [-0.25, -0.2) is 4.79 Å². The van der Waals surface area contributed by atoms with Crippen LogP contribution in [0.15, 0.2) is 47.3 Å². The Kier molecular flexibility index (Phi) is 5.21. The summed E-state index contributed by atoms with van der Waals surface area (Å²) >= 11 is 0. The molecule has 0 spiro atoms. The number of hydrogen-bond donors (Lipinski definition) is 1. The van der Waals surface area contributed by atoms with Crippen molar-refractivity contribution in [2.24, 2.45) is 7.05 Å². The van der Waals surface area contributed by atoms with E-state index in [1.807, 2.05) is 43.3 Å². The van der Waals surface area contributed by atoms with Gasteiger partial charge in [0.2, 0.25) is 5.91 Å². The number of para-hydroxylation sites is 2. The summed E-state index contributed by atoms with van der Waals surface area (Å²) in [5.74, 6) is 0.985. The van der Waals surface area contributed by atoms with E-state index in [-0.39, 0.29) is 24.2 Å². The number of methoxy groups -OCH3 is 2. The molecule has 27 heavy (non-hydrogen) atoms. The maximum absolute atomic E-state index is 12.5. The van der Waals surface area contributed by atoms with Crippen LogP contribution in [-0.4, -0.2) is 29.3 Å². The van der Waals surface area contributed by atoms with Crippen LogP contribution in [0.1, 0.15) is 18.5 Å². The van der Waals surface area contributed by atoms with Crippen LogP contribution in [0.5, 0.6) is 11.5 Å². The second kappa shape index (κ2) is 7.57. The number of rotatable bonds is 6. The molecule has 1 aromatic heterocycles. The van der Waals surface area contributed by atoms with Crippen molar-refractivity contribution in [2.45, 2.75) is 19.5 Å². The lowest BCUT2D eigenvalue weighted by molar-refractivity contribution is -0.122. The average molecular weight is 369 g/mol. The van der Waals surface area contributed by atoms with Gasteiger partial charge in [-0.3, -0.25) is 13.9 Å². The first-order valence-electron chi connectivity index (χ1n) is 8.61. The van der Waals surface area contributed by atoms with Crippen molar-refractivity contribution in [2.75, 3.05) is 14.2 Å². The van der Waals surface area contributed by atoms with Crippen molar-refractivity contribution >= 4 is 16.9 Å². The van der Waals surface area contributed by atoms with E-state index in [1.54, 1.807) is 31.9 Å². The molecular weight excluding hydrogens is 346 g/mol. The minimum absolute atomic E-state index is 0.0438. The van der Waals surface area contributed by atoms with E-state index in [4.69, 9.17) is 9.47 Å². The number of nitrogens with one attached hydrogen (secondary N) is 1. The molecule has 0 aliphatic carbocycles. The number of aryl methyl sites for hydroxylation is 1. The van der Waals surface area contributed by atoms with Gasteiger partial charge in [0, 0.05) is 7.05 Å². The van der Waals surface area contributed by atoms with Crippen LogP contribution in [0.4, 0.5) is 0 Å². The Morgan fingerprint density at radius 1 is 1.07 bits per heavy atom. The van der Waals surface area contributed by atoms with Gasteiger partial charge < -0.3 is 14.8 Å². The molecule has 0 aliphatic heterocycles. The van der Waals surface area contributed by atoms with Crippen LogP contribution in [0.3, 0.4) is 0 Å². The highest BCUT2D eigenvalue weighted by Crippen LogP contribution is 2.29. The molecule has 3 aromatic rings. The van der Waals surface area contributed by atoms with Crippen LogP contribution in [0.2, 0.25) is 0 Å². The van der Waals surface area contributed by atoms with Crippen molar-refractivity contribution in [3.63, 3.8) is 0 Å². The highest BCUT2D eigenvalue weighted by Gasteiger charge is 2.16. The van der Waals surface area contributed by atoms with E-state index in [9.17, 15) is 9.59 Å². The topological polar surface area (TPSA) is 74.5 Å².